The van der Waals surface area contributed by atoms with Crippen LogP contribution in [0, 0.1) is 15.9 Å². The number of benzene rings is 2. The van der Waals surface area contributed by atoms with Crippen LogP contribution in [0.25, 0.3) is 0 Å². The van der Waals surface area contributed by atoms with Crippen molar-refractivity contribution in [2.24, 2.45) is 0 Å². The average molecular weight is 290 g/mol. The van der Waals surface area contributed by atoms with Crippen LogP contribution in [-0.4, -0.2) is 15.9 Å². The van der Waals surface area contributed by atoms with E-state index in [-0.39, 0.29) is 17.7 Å². The predicted molar refractivity (Wildman–Crippen MR) is 73.5 cm³/mol. The molecule has 108 valence electrons. The van der Waals surface area contributed by atoms with Gasteiger partial charge in [-0.3, -0.25) is 14.9 Å². The fourth-order valence-electron chi connectivity index (χ4n) is 1.81. The molecule has 0 aliphatic rings. The number of amides is 1. The summed E-state index contributed by atoms with van der Waals surface area (Å²) in [7, 11) is 0. The number of carbonyl (C=O) groups is 1. The third-order valence-corrected chi connectivity index (χ3v) is 2.79. The quantitative estimate of drug-likeness (QED) is 0.514. The summed E-state index contributed by atoms with van der Waals surface area (Å²) in [5, 5.41) is 22.7. The number of carbonyl (C=O) groups excluding carboxylic acids is 1. The Hall–Kier alpha value is -2.96. The monoisotopic (exact) mass is 290 g/mol. The van der Waals surface area contributed by atoms with Gasteiger partial charge in [0.2, 0.25) is 5.91 Å². The second-order valence-electron chi connectivity index (χ2n) is 4.24. The highest BCUT2D eigenvalue weighted by molar-refractivity contribution is 5.96. The van der Waals surface area contributed by atoms with Crippen molar-refractivity contribution in [2.75, 3.05) is 5.32 Å². The van der Waals surface area contributed by atoms with Gasteiger partial charge in [0.15, 0.2) is 5.69 Å². The molecule has 0 bridgehead atoms. The Kier molecular flexibility index (Phi) is 4.13. The van der Waals surface area contributed by atoms with Crippen molar-refractivity contribution in [3.05, 3.63) is 64.0 Å². The lowest BCUT2D eigenvalue weighted by atomic mass is 10.1. The summed E-state index contributed by atoms with van der Waals surface area (Å²) in [5.41, 5.74) is -0.575. The Morgan fingerprint density at radius 3 is 2.62 bits per heavy atom. The molecule has 0 atom stereocenters. The van der Waals surface area contributed by atoms with Gasteiger partial charge in [0.25, 0.3) is 5.69 Å². The Morgan fingerprint density at radius 1 is 1.24 bits per heavy atom. The lowest BCUT2D eigenvalue weighted by Crippen LogP contribution is -2.16. The summed E-state index contributed by atoms with van der Waals surface area (Å²) >= 11 is 0. The Bertz CT molecular complexity index is 703. The van der Waals surface area contributed by atoms with Gasteiger partial charge in [-0.1, -0.05) is 24.3 Å². The van der Waals surface area contributed by atoms with Crippen LogP contribution in [0.15, 0.2) is 42.5 Å². The third kappa shape index (κ3) is 3.33. The first kappa shape index (κ1) is 14.4. The lowest BCUT2D eigenvalue weighted by Gasteiger charge is -2.08. The van der Waals surface area contributed by atoms with E-state index in [0.717, 1.165) is 6.07 Å². The summed E-state index contributed by atoms with van der Waals surface area (Å²) in [6.45, 7) is 0. The van der Waals surface area contributed by atoms with Gasteiger partial charge in [-0.05, 0) is 17.7 Å². The second-order valence-corrected chi connectivity index (χ2v) is 4.24. The van der Waals surface area contributed by atoms with Crippen molar-refractivity contribution in [1.29, 1.82) is 0 Å². The maximum absolute atomic E-state index is 13.4. The third-order valence-electron chi connectivity index (χ3n) is 2.79. The Morgan fingerprint density at radius 2 is 1.95 bits per heavy atom. The lowest BCUT2D eigenvalue weighted by molar-refractivity contribution is -0.384. The molecule has 0 aliphatic heterocycles. The van der Waals surface area contributed by atoms with E-state index in [1.165, 1.54) is 30.3 Å². The van der Waals surface area contributed by atoms with Crippen molar-refractivity contribution in [3.8, 4) is 5.75 Å². The van der Waals surface area contributed by atoms with Gasteiger partial charge >= 0.3 is 0 Å². The zero-order valence-electron chi connectivity index (χ0n) is 10.7. The van der Waals surface area contributed by atoms with Crippen LogP contribution in [0.5, 0.6) is 5.75 Å². The van der Waals surface area contributed by atoms with E-state index in [1.807, 2.05) is 0 Å². The van der Waals surface area contributed by atoms with Crippen LogP contribution in [-0.2, 0) is 11.2 Å². The highest BCUT2D eigenvalue weighted by Crippen LogP contribution is 2.33. The van der Waals surface area contributed by atoms with Crippen molar-refractivity contribution < 1.29 is 19.2 Å². The van der Waals surface area contributed by atoms with Crippen LogP contribution in [0.3, 0.4) is 0 Å². The number of nitro benzene ring substituents is 1. The molecule has 0 heterocycles. The van der Waals surface area contributed by atoms with Gasteiger partial charge < -0.3 is 10.4 Å². The fraction of sp³-hybridized carbons (Fsp3) is 0.0714. The number of nitrogens with one attached hydrogen (secondary N) is 1. The molecule has 0 saturated carbocycles. The average Bonchev–Trinajstić information content (AvgIpc) is 2.43. The van der Waals surface area contributed by atoms with E-state index in [4.69, 9.17) is 0 Å². The normalized spacial score (nSPS) is 10.1. The number of hydrogen-bond donors (Lipinski definition) is 2. The summed E-state index contributed by atoms with van der Waals surface area (Å²) < 4.78 is 13.4. The second kappa shape index (κ2) is 6.00. The molecule has 7 heteroatoms. The zero-order valence-corrected chi connectivity index (χ0v) is 10.7. The molecule has 0 aliphatic carbocycles. The van der Waals surface area contributed by atoms with Crippen molar-refractivity contribution in [2.45, 2.75) is 6.42 Å². The number of phenolic OH excluding ortho intramolecular Hbond substituents is 1. The van der Waals surface area contributed by atoms with Gasteiger partial charge in [0.1, 0.15) is 11.6 Å². The van der Waals surface area contributed by atoms with Crippen molar-refractivity contribution >= 4 is 17.3 Å². The van der Waals surface area contributed by atoms with Crippen molar-refractivity contribution in [3.63, 3.8) is 0 Å². The smallest absolute Gasteiger partial charge is 0.296 e. The molecular weight excluding hydrogens is 279 g/mol. The topological polar surface area (TPSA) is 92.5 Å². The number of anilines is 1. The van der Waals surface area contributed by atoms with Gasteiger partial charge in [-0.2, -0.15) is 0 Å². The highest BCUT2D eigenvalue weighted by Gasteiger charge is 2.19. The van der Waals surface area contributed by atoms with E-state index >= 15 is 0 Å². The first-order valence-corrected chi connectivity index (χ1v) is 5.98. The molecule has 1 amide bonds. The molecule has 2 aromatic carbocycles. The van der Waals surface area contributed by atoms with Gasteiger partial charge in [0.05, 0.1) is 11.3 Å². The van der Waals surface area contributed by atoms with Crippen LogP contribution in [0.4, 0.5) is 15.8 Å². The number of hydrogen-bond acceptors (Lipinski definition) is 4. The van der Waals surface area contributed by atoms with Crippen LogP contribution < -0.4 is 5.32 Å². The predicted octanol–water partition coefficient (Wildman–Crippen LogP) is 2.62. The summed E-state index contributed by atoms with van der Waals surface area (Å²) in [6.07, 6.45) is -0.293. The molecule has 0 aromatic heterocycles. The summed E-state index contributed by atoms with van der Waals surface area (Å²) in [4.78, 5) is 22.0. The first-order valence-electron chi connectivity index (χ1n) is 5.98. The number of rotatable bonds is 4. The Balaban J connectivity index is 2.21. The molecule has 0 radical (unpaired) electrons. The van der Waals surface area contributed by atoms with Crippen LogP contribution in [0.2, 0.25) is 0 Å². The Labute approximate surface area is 119 Å². The summed E-state index contributed by atoms with van der Waals surface area (Å²) in [5.74, 6) is -1.63. The fourth-order valence-corrected chi connectivity index (χ4v) is 1.81. The van der Waals surface area contributed by atoms with E-state index in [0.29, 0.717) is 0 Å². The molecule has 2 aromatic rings. The van der Waals surface area contributed by atoms with E-state index in [1.54, 1.807) is 6.07 Å². The van der Waals surface area contributed by atoms with Crippen LogP contribution in [0.1, 0.15) is 5.56 Å². The number of halogens is 1. The number of aromatic hydroxyl groups is 1. The van der Waals surface area contributed by atoms with Crippen LogP contribution >= 0.6 is 0 Å². The molecule has 21 heavy (non-hydrogen) atoms. The SMILES string of the molecule is O=C(Cc1ccccc1F)Nc1c(O)cccc1[N+](=O)[O-]. The van der Waals surface area contributed by atoms with Gasteiger partial charge in [-0.25, -0.2) is 4.39 Å². The van der Waals surface area contributed by atoms with E-state index in [2.05, 4.69) is 5.32 Å². The highest BCUT2D eigenvalue weighted by atomic mass is 19.1. The standard InChI is InChI=1S/C14H11FN2O4/c15-10-5-2-1-4-9(10)8-13(19)16-14-11(17(20)21)6-3-7-12(14)18/h1-7,18H,8H2,(H,16,19). The minimum Gasteiger partial charge on any atom is -0.505 e. The van der Waals surface area contributed by atoms with E-state index in [9.17, 15) is 24.4 Å². The first-order chi connectivity index (χ1) is 9.99. The largest absolute Gasteiger partial charge is 0.505 e. The van der Waals surface area contributed by atoms with Crippen molar-refractivity contribution in [1.82, 2.24) is 0 Å². The number of phenols is 1. The number of nitrogens with zero attached hydrogens (tertiary/aromatic N) is 1. The maximum Gasteiger partial charge on any atom is 0.296 e. The molecular formula is C14H11FN2O4. The molecule has 0 unspecified atom stereocenters. The molecule has 6 nitrogen and oxygen atoms in total. The number of nitro groups is 1. The van der Waals surface area contributed by atoms with E-state index < -0.39 is 28.1 Å². The molecule has 2 rings (SSSR count). The minimum atomic E-state index is -0.724. The number of para-hydroxylation sites is 1. The molecule has 0 saturated heterocycles. The zero-order chi connectivity index (χ0) is 15.4. The maximum atomic E-state index is 13.4. The molecule has 0 fully saturated rings. The molecule has 0 spiro atoms. The van der Waals surface area contributed by atoms with Gasteiger partial charge in [0, 0.05) is 6.07 Å². The summed E-state index contributed by atoms with van der Waals surface area (Å²) in [6, 6.07) is 9.38. The van der Waals surface area contributed by atoms with Gasteiger partial charge in [-0.15, -0.1) is 0 Å². The minimum absolute atomic E-state index is 0.160. The molecule has 2 N–H and O–H groups in total.